The lowest BCUT2D eigenvalue weighted by atomic mass is 10.1. The van der Waals surface area contributed by atoms with Crippen molar-refractivity contribution in [3.8, 4) is 11.5 Å². The maximum absolute atomic E-state index is 12.9. The number of halogens is 3. The molecule has 0 aromatic heterocycles. The summed E-state index contributed by atoms with van der Waals surface area (Å²) in [5.74, 6) is 0.263. The number of nitrogens with zero attached hydrogens (tertiary/aromatic N) is 1. The number of anilines is 1. The Kier molecular flexibility index (Phi) is 7.20. The molecule has 1 aliphatic heterocycles. The predicted molar refractivity (Wildman–Crippen MR) is 134 cm³/mol. The molecule has 33 heavy (non-hydrogen) atoms. The highest BCUT2D eigenvalue weighted by molar-refractivity contribution is 8.19. The smallest absolute Gasteiger partial charge is 0.298 e. The molecule has 0 spiro atoms. The van der Waals surface area contributed by atoms with Gasteiger partial charge in [0.25, 0.3) is 11.1 Å². The first-order valence-electron chi connectivity index (χ1n) is 9.65. The van der Waals surface area contributed by atoms with Gasteiger partial charge in [0.2, 0.25) is 0 Å². The van der Waals surface area contributed by atoms with E-state index < -0.39 is 11.1 Å². The standard InChI is InChI=1S/C24H16Cl3NO4S/c1-31-20-11-14(10-18(27)22(20)32-13-15-6-2-3-7-16(15)25)12-21-23(29)28(24(30)33-21)19-9-5-4-8-17(19)26/h2-12H,13H2,1H3/b21-12-. The summed E-state index contributed by atoms with van der Waals surface area (Å²) in [5, 5.41) is 0.749. The number of carbonyl (C=O) groups excluding carboxylic acids is 2. The highest BCUT2D eigenvalue weighted by Crippen LogP contribution is 2.41. The van der Waals surface area contributed by atoms with Crippen molar-refractivity contribution in [2.24, 2.45) is 0 Å². The molecule has 1 heterocycles. The van der Waals surface area contributed by atoms with Crippen LogP contribution < -0.4 is 14.4 Å². The quantitative estimate of drug-likeness (QED) is 0.315. The number of benzene rings is 3. The number of methoxy groups -OCH3 is 1. The van der Waals surface area contributed by atoms with Crippen molar-refractivity contribution in [3.63, 3.8) is 0 Å². The Labute approximate surface area is 209 Å². The van der Waals surface area contributed by atoms with Gasteiger partial charge in [-0.15, -0.1) is 0 Å². The minimum absolute atomic E-state index is 0.200. The molecule has 0 saturated carbocycles. The molecule has 3 aromatic rings. The van der Waals surface area contributed by atoms with Gasteiger partial charge in [-0.3, -0.25) is 9.59 Å². The van der Waals surface area contributed by atoms with E-state index in [1.54, 1.807) is 48.5 Å². The summed E-state index contributed by atoms with van der Waals surface area (Å²) in [7, 11) is 1.49. The van der Waals surface area contributed by atoms with Crippen molar-refractivity contribution in [3.05, 3.63) is 91.8 Å². The van der Waals surface area contributed by atoms with Gasteiger partial charge < -0.3 is 9.47 Å². The average molecular weight is 521 g/mol. The molecule has 9 heteroatoms. The van der Waals surface area contributed by atoms with Crippen molar-refractivity contribution >= 4 is 69.5 Å². The summed E-state index contributed by atoms with van der Waals surface area (Å²) in [5.41, 5.74) is 1.71. The number of carbonyl (C=O) groups is 2. The normalized spacial score (nSPS) is 14.8. The second kappa shape index (κ2) is 10.1. The number of hydrogen-bond acceptors (Lipinski definition) is 5. The highest BCUT2D eigenvalue weighted by atomic mass is 35.5. The third-order valence-electron chi connectivity index (χ3n) is 4.77. The molecule has 0 bridgehead atoms. The Morgan fingerprint density at radius 1 is 0.939 bits per heavy atom. The predicted octanol–water partition coefficient (Wildman–Crippen LogP) is 7.48. The summed E-state index contributed by atoms with van der Waals surface area (Å²) < 4.78 is 11.3. The molecule has 0 unspecified atom stereocenters. The molecule has 1 saturated heterocycles. The fraction of sp³-hybridized carbons (Fsp3) is 0.0833. The number of amides is 2. The van der Waals surface area contributed by atoms with Crippen LogP contribution in [0.4, 0.5) is 10.5 Å². The lowest BCUT2D eigenvalue weighted by Crippen LogP contribution is -2.27. The van der Waals surface area contributed by atoms with Crippen LogP contribution in [0.1, 0.15) is 11.1 Å². The molecule has 0 atom stereocenters. The van der Waals surface area contributed by atoms with Gasteiger partial charge in [0, 0.05) is 10.6 Å². The monoisotopic (exact) mass is 519 g/mol. The zero-order valence-electron chi connectivity index (χ0n) is 17.2. The van der Waals surface area contributed by atoms with Crippen LogP contribution in [0.3, 0.4) is 0 Å². The summed E-state index contributed by atoms with van der Waals surface area (Å²) in [6, 6.07) is 17.3. The van der Waals surface area contributed by atoms with E-state index in [-0.39, 0.29) is 16.5 Å². The molecule has 2 amide bonds. The number of ether oxygens (including phenoxy) is 2. The van der Waals surface area contributed by atoms with Crippen LogP contribution >= 0.6 is 46.6 Å². The summed E-state index contributed by atoms with van der Waals surface area (Å²) in [4.78, 5) is 26.7. The lowest BCUT2D eigenvalue weighted by Gasteiger charge is -2.14. The van der Waals surface area contributed by atoms with Crippen LogP contribution in [0.15, 0.2) is 65.6 Å². The van der Waals surface area contributed by atoms with E-state index in [4.69, 9.17) is 44.3 Å². The molecule has 5 nitrogen and oxygen atoms in total. The second-order valence-corrected chi connectivity index (χ2v) is 9.10. The summed E-state index contributed by atoms with van der Waals surface area (Å²) >= 11 is 19.6. The van der Waals surface area contributed by atoms with Crippen LogP contribution in [0, 0.1) is 0 Å². The largest absolute Gasteiger partial charge is 0.493 e. The fourth-order valence-electron chi connectivity index (χ4n) is 3.19. The number of thioether (sulfide) groups is 1. The van der Waals surface area contributed by atoms with Gasteiger partial charge in [-0.05, 0) is 53.7 Å². The van der Waals surface area contributed by atoms with Gasteiger partial charge in [-0.1, -0.05) is 65.1 Å². The van der Waals surface area contributed by atoms with Gasteiger partial charge in [0.1, 0.15) is 6.61 Å². The van der Waals surface area contributed by atoms with E-state index in [0.29, 0.717) is 32.8 Å². The molecule has 4 rings (SSSR count). The first kappa shape index (κ1) is 23.5. The number of rotatable bonds is 6. The Hall–Kier alpha value is -2.64. The molecule has 0 aliphatic carbocycles. The third kappa shape index (κ3) is 4.99. The Balaban J connectivity index is 1.60. The highest BCUT2D eigenvalue weighted by Gasteiger charge is 2.37. The molecule has 1 fully saturated rings. The van der Waals surface area contributed by atoms with Crippen molar-refractivity contribution in [2.45, 2.75) is 6.61 Å². The van der Waals surface area contributed by atoms with E-state index in [1.165, 1.54) is 7.11 Å². The molecule has 3 aromatic carbocycles. The average Bonchev–Trinajstić information content (AvgIpc) is 3.06. The second-order valence-electron chi connectivity index (χ2n) is 6.88. The Morgan fingerprint density at radius 2 is 1.64 bits per heavy atom. The molecule has 0 radical (unpaired) electrons. The minimum atomic E-state index is -0.466. The Morgan fingerprint density at radius 3 is 2.33 bits per heavy atom. The number of imide groups is 1. The molecular formula is C24H16Cl3NO4S. The Bertz CT molecular complexity index is 1280. The lowest BCUT2D eigenvalue weighted by molar-refractivity contribution is -0.113. The van der Waals surface area contributed by atoms with Crippen LogP contribution in [-0.4, -0.2) is 18.3 Å². The van der Waals surface area contributed by atoms with Gasteiger partial charge in [0.05, 0.1) is 27.7 Å². The van der Waals surface area contributed by atoms with Crippen LogP contribution in [0.5, 0.6) is 11.5 Å². The van der Waals surface area contributed by atoms with E-state index in [9.17, 15) is 9.59 Å². The van der Waals surface area contributed by atoms with E-state index in [2.05, 4.69) is 0 Å². The third-order valence-corrected chi connectivity index (χ3v) is 6.61. The van der Waals surface area contributed by atoms with Crippen LogP contribution in [0.25, 0.3) is 6.08 Å². The van der Waals surface area contributed by atoms with Crippen molar-refractivity contribution in [1.29, 1.82) is 0 Å². The molecular weight excluding hydrogens is 505 g/mol. The van der Waals surface area contributed by atoms with E-state index in [0.717, 1.165) is 22.2 Å². The van der Waals surface area contributed by atoms with E-state index >= 15 is 0 Å². The fourth-order valence-corrected chi connectivity index (χ4v) is 4.71. The first-order chi connectivity index (χ1) is 15.9. The summed E-state index contributed by atoms with van der Waals surface area (Å²) in [6.07, 6.45) is 1.58. The van der Waals surface area contributed by atoms with Gasteiger partial charge in [0.15, 0.2) is 11.5 Å². The van der Waals surface area contributed by atoms with Gasteiger partial charge in [-0.25, -0.2) is 4.90 Å². The number of para-hydroxylation sites is 1. The molecule has 0 N–H and O–H groups in total. The first-order valence-corrected chi connectivity index (χ1v) is 11.6. The van der Waals surface area contributed by atoms with Crippen molar-refractivity contribution in [1.82, 2.24) is 0 Å². The number of hydrogen-bond donors (Lipinski definition) is 0. The van der Waals surface area contributed by atoms with Crippen LogP contribution in [-0.2, 0) is 11.4 Å². The molecule has 1 aliphatic rings. The van der Waals surface area contributed by atoms with Gasteiger partial charge in [-0.2, -0.15) is 0 Å². The zero-order chi connectivity index (χ0) is 23.5. The molecule has 168 valence electrons. The van der Waals surface area contributed by atoms with Crippen molar-refractivity contribution in [2.75, 3.05) is 12.0 Å². The van der Waals surface area contributed by atoms with Gasteiger partial charge >= 0.3 is 0 Å². The topological polar surface area (TPSA) is 55.8 Å². The zero-order valence-corrected chi connectivity index (χ0v) is 20.3. The minimum Gasteiger partial charge on any atom is -0.493 e. The SMILES string of the molecule is COc1cc(/C=C2\SC(=O)N(c3ccccc3Cl)C2=O)cc(Cl)c1OCc1ccccc1Cl. The summed E-state index contributed by atoms with van der Waals surface area (Å²) in [6.45, 7) is 0.200. The van der Waals surface area contributed by atoms with Crippen LogP contribution in [0.2, 0.25) is 15.1 Å². The maximum atomic E-state index is 12.9. The van der Waals surface area contributed by atoms with Crippen molar-refractivity contribution < 1.29 is 19.1 Å². The maximum Gasteiger partial charge on any atom is 0.298 e. The van der Waals surface area contributed by atoms with E-state index in [1.807, 2.05) is 18.2 Å².